The lowest BCUT2D eigenvalue weighted by molar-refractivity contribution is 0.0928. The molecule has 0 N–H and O–H groups in total. The smallest absolute Gasteiger partial charge is 0.166 e. The van der Waals surface area contributed by atoms with Gasteiger partial charge in [0.15, 0.2) is 17.3 Å². The lowest BCUT2D eigenvalue weighted by Gasteiger charge is -2.18. The first-order valence-corrected chi connectivity index (χ1v) is 10.7. The molecule has 0 amide bonds. The largest absolute Gasteiger partial charge is 0.496 e. The molecule has 0 saturated carbocycles. The Morgan fingerprint density at radius 3 is 2.32 bits per heavy atom. The van der Waals surface area contributed by atoms with Crippen LogP contribution >= 0.6 is 12.4 Å². The van der Waals surface area contributed by atoms with Crippen molar-refractivity contribution in [2.24, 2.45) is 5.92 Å². The first-order valence-electron chi connectivity index (χ1n) is 10.7. The van der Waals surface area contributed by atoms with Crippen molar-refractivity contribution < 1.29 is 19.0 Å². The maximum atomic E-state index is 12.8. The van der Waals surface area contributed by atoms with E-state index in [1.54, 1.807) is 21.3 Å². The highest BCUT2D eigenvalue weighted by Crippen LogP contribution is 2.38. The summed E-state index contributed by atoms with van der Waals surface area (Å²) >= 11 is 0. The van der Waals surface area contributed by atoms with Gasteiger partial charge in [-0.2, -0.15) is 0 Å². The van der Waals surface area contributed by atoms with E-state index in [2.05, 4.69) is 24.1 Å². The van der Waals surface area contributed by atoms with Crippen LogP contribution in [0.5, 0.6) is 17.2 Å². The molecule has 0 bridgehead atoms. The lowest BCUT2D eigenvalue weighted by atomic mass is 9.98. The molecule has 0 saturated heterocycles. The van der Waals surface area contributed by atoms with Gasteiger partial charge in [-0.1, -0.05) is 24.6 Å². The van der Waals surface area contributed by atoms with E-state index in [4.69, 9.17) is 14.2 Å². The summed E-state index contributed by atoms with van der Waals surface area (Å²) in [7, 11) is 7.11. The molecule has 0 aliphatic heterocycles. The van der Waals surface area contributed by atoms with Gasteiger partial charge in [-0.05, 0) is 68.6 Å². The van der Waals surface area contributed by atoms with Gasteiger partial charge in [0.25, 0.3) is 0 Å². The van der Waals surface area contributed by atoms with E-state index in [9.17, 15) is 4.79 Å². The van der Waals surface area contributed by atoms with E-state index >= 15 is 0 Å². The molecule has 6 heteroatoms. The molecule has 1 unspecified atom stereocenters. The van der Waals surface area contributed by atoms with Crippen LogP contribution in [0, 0.1) is 5.92 Å². The average Bonchev–Trinajstić information content (AvgIpc) is 3.08. The van der Waals surface area contributed by atoms with Crippen molar-refractivity contribution in [3.05, 3.63) is 53.1 Å². The zero-order chi connectivity index (χ0) is 21.5. The highest BCUT2D eigenvalue weighted by Gasteiger charge is 2.31. The number of unbranched alkanes of at least 4 members (excludes halogenated alkanes) is 1. The Morgan fingerprint density at radius 2 is 1.61 bits per heavy atom. The van der Waals surface area contributed by atoms with Gasteiger partial charge in [-0.15, -0.1) is 12.4 Å². The van der Waals surface area contributed by atoms with E-state index < -0.39 is 0 Å². The Hall–Kier alpha value is -2.24. The van der Waals surface area contributed by atoms with Crippen molar-refractivity contribution >= 4 is 18.2 Å². The number of ketones is 1. The Bertz CT molecular complexity index is 871. The third kappa shape index (κ3) is 6.14. The maximum Gasteiger partial charge on any atom is 0.166 e. The van der Waals surface area contributed by atoms with Gasteiger partial charge in [0.1, 0.15) is 5.75 Å². The van der Waals surface area contributed by atoms with Crippen LogP contribution in [0.4, 0.5) is 0 Å². The fourth-order valence-corrected chi connectivity index (χ4v) is 4.24. The molecule has 2 aromatic rings. The third-order valence-corrected chi connectivity index (χ3v) is 6.01. The number of nitrogens with zero attached hydrogens (tertiary/aromatic N) is 1. The Labute approximate surface area is 192 Å². The van der Waals surface area contributed by atoms with Crippen LogP contribution < -0.4 is 14.2 Å². The van der Waals surface area contributed by atoms with Crippen LogP contribution in [0.2, 0.25) is 0 Å². The average molecular weight is 448 g/mol. The summed E-state index contributed by atoms with van der Waals surface area (Å²) < 4.78 is 16.2. The predicted molar refractivity (Wildman–Crippen MR) is 126 cm³/mol. The SMILES string of the molecule is COc1ccccc1CCN(C)CCCCC1Cc2cc(OC)c(OC)cc2C1=O.Cl. The molecule has 0 spiro atoms. The van der Waals surface area contributed by atoms with Crippen LogP contribution in [0.15, 0.2) is 36.4 Å². The third-order valence-electron chi connectivity index (χ3n) is 6.01. The molecule has 2 aromatic carbocycles. The Morgan fingerprint density at radius 1 is 0.935 bits per heavy atom. The van der Waals surface area contributed by atoms with E-state index in [1.807, 2.05) is 24.3 Å². The molecule has 0 radical (unpaired) electrons. The molecule has 0 heterocycles. The summed E-state index contributed by atoms with van der Waals surface area (Å²) in [5.74, 6) is 2.60. The first-order chi connectivity index (χ1) is 14.6. The van der Waals surface area contributed by atoms with Crippen LogP contribution in [-0.2, 0) is 12.8 Å². The number of para-hydroxylation sites is 1. The summed E-state index contributed by atoms with van der Waals surface area (Å²) in [6, 6.07) is 12.0. The molecule has 0 aromatic heterocycles. The van der Waals surface area contributed by atoms with Gasteiger partial charge >= 0.3 is 0 Å². The van der Waals surface area contributed by atoms with Gasteiger partial charge in [-0.3, -0.25) is 4.79 Å². The standard InChI is InChI=1S/C25H33NO4.ClH/c1-26(14-12-18-9-5-6-11-22(18)28-2)13-8-7-10-19-15-20-16-23(29-3)24(30-4)17-21(20)25(19)27;/h5-6,9,11,16-17,19H,7-8,10,12-15H2,1-4H3;1H. The van der Waals surface area contributed by atoms with Gasteiger partial charge in [-0.25, -0.2) is 0 Å². The van der Waals surface area contributed by atoms with Gasteiger partial charge < -0.3 is 19.1 Å². The second kappa shape index (κ2) is 12.0. The van der Waals surface area contributed by atoms with Crippen LogP contribution in [0.25, 0.3) is 0 Å². The van der Waals surface area contributed by atoms with Crippen molar-refractivity contribution in [2.75, 3.05) is 41.5 Å². The number of hydrogen-bond donors (Lipinski definition) is 0. The highest BCUT2D eigenvalue weighted by molar-refractivity contribution is 6.02. The summed E-state index contributed by atoms with van der Waals surface area (Å²) in [5, 5.41) is 0. The summed E-state index contributed by atoms with van der Waals surface area (Å²) in [5.41, 5.74) is 3.12. The molecule has 3 rings (SSSR count). The Balaban J connectivity index is 0.00000341. The molecular weight excluding hydrogens is 414 g/mol. The molecule has 1 aliphatic rings. The number of halogens is 1. The molecule has 0 fully saturated rings. The van der Waals surface area contributed by atoms with E-state index in [-0.39, 0.29) is 24.1 Å². The lowest BCUT2D eigenvalue weighted by Crippen LogP contribution is -2.23. The number of carbonyl (C=O) groups excluding carboxylic acids is 1. The second-order valence-electron chi connectivity index (χ2n) is 7.99. The fourth-order valence-electron chi connectivity index (χ4n) is 4.24. The minimum absolute atomic E-state index is 0. The van der Waals surface area contributed by atoms with E-state index in [1.165, 1.54) is 5.56 Å². The Kier molecular flexibility index (Phi) is 9.66. The van der Waals surface area contributed by atoms with Crippen molar-refractivity contribution in [3.63, 3.8) is 0 Å². The number of benzene rings is 2. The normalized spacial score (nSPS) is 14.9. The molecule has 1 aliphatic carbocycles. The van der Waals surface area contributed by atoms with Crippen LogP contribution in [0.3, 0.4) is 0 Å². The highest BCUT2D eigenvalue weighted by atomic mass is 35.5. The number of rotatable bonds is 11. The number of carbonyl (C=O) groups is 1. The number of fused-ring (bicyclic) bond motifs is 1. The van der Waals surface area contributed by atoms with Gasteiger partial charge in [0, 0.05) is 18.0 Å². The van der Waals surface area contributed by atoms with Crippen LogP contribution in [0.1, 0.15) is 40.7 Å². The van der Waals surface area contributed by atoms with E-state index in [0.29, 0.717) is 11.5 Å². The van der Waals surface area contributed by atoms with E-state index in [0.717, 1.165) is 62.1 Å². The first kappa shape index (κ1) is 25.0. The minimum atomic E-state index is 0. The van der Waals surface area contributed by atoms with Crippen molar-refractivity contribution in [3.8, 4) is 17.2 Å². The number of Topliss-reactive ketones (excluding diaryl/α,β-unsaturated/α-hetero) is 1. The zero-order valence-electron chi connectivity index (χ0n) is 19.0. The van der Waals surface area contributed by atoms with Crippen LogP contribution in [-0.4, -0.2) is 52.1 Å². The van der Waals surface area contributed by atoms with Crippen molar-refractivity contribution in [2.45, 2.75) is 32.1 Å². The topological polar surface area (TPSA) is 48.0 Å². The zero-order valence-corrected chi connectivity index (χ0v) is 19.8. The van der Waals surface area contributed by atoms with Crippen molar-refractivity contribution in [1.29, 1.82) is 0 Å². The molecule has 1 atom stereocenters. The number of ether oxygens (including phenoxy) is 3. The molecule has 170 valence electrons. The predicted octanol–water partition coefficient (Wildman–Crippen LogP) is 4.83. The molecule has 31 heavy (non-hydrogen) atoms. The van der Waals surface area contributed by atoms with Gasteiger partial charge in [0.2, 0.25) is 0 Å². The maximum absolute atomic E-state index is 12.8. The molecular formula is C25H34ClNO4. The number of hydrogen-bond acceptors (Lipinski definition) is 5. The molecule has 5 nitrogen and oxygen atoms in total. The second-order valence-corrected chi connectivity index (χ2v) is 7.99. The monoisotopic (exact) mass is 447 g/mol. The van der Waals surface area contributed by atoms with Gasteiger partial charge in [0.05, 0.1) is 21.3 Å². The number of methoxy groups -OCH3 is 3. The summed E-state index contributed by atoms with van der Waals surface area (Å²) in [6.45, 7) is 2.03. The summed E-state index contributed by atoms with van der Waals surface area (Å²) in [6.07, 6.45) is 4.85. The summed E-state index contributed by atoms with van der Waals surface area (Å²) in [4.78, 5) is 15.1. The minimum Gasteiger partial charge on any atom is -0.496 e. The fraction of sp³-hybridized carbons (Fsp3) is 0.480. The van der Waals surface area contributed by atoms with Crippen molar-refractivity contribution in [1.82, 2.24) is 4.90 Å². The quantitative estimate of drug-likeness (QED) is 0.461. The number of likely N-dealkylation sites (N-methyl/N-ethyl adjacent to an activating group) is 1.